The van der Waals surface area contributed by atoms with E-state index >= 15 is 0 Å². The van der Waals surface area contributed by atoms with Crippen molar-refractivity contribution in [3.8, 4) is 11.3 Å². The summed E-state index contributed by atoms with van der Waals surface area (Å²) >= 11 is 0. The van der Waals surface area contributed by atoms with E-state index in [2.05, 4.69) is 16.4 Å². The maximum Gasteiger partial charge on any atom is 0.167 e. The number of rotatable bonds is 4. The molecule has 0 aliphatic heterocycles. The predicted molar refractivity (Wildman–Crippen MR) is 97.2 cm³/mol. The van der Waals surface area contributed by atoms with Crippen LogP contribution in [0.2, 0.25) is 0 Å². The normalized spacial score (nSPS) is 14.5. The van der Waals surface area contributed by atoms with E-state index in [1.54, 1.807) is 6.33 Å². The van der Waals surface area contributed by atoms with E-state index in [-0.39, 0.29) is 0 Å². The molecule has 7 heteroatoms. The molecule has 1 fully saturated rings. The molecule has 3 heterocycles. The Kier molecular flexibility index (Phi) is 3.05. The molecule has 0 amide bonds. The SMILES string of the molecule is Cn1cnc2c(NC3CC3)nc3cc(-c4cccc(CN)c4)nn3c21. The van der Waals surface area contributed by atoms with Crippen LogP contribution in [0.25, 0.3) is 28.1 Å². The molecule has 0 spiro atoms. The number of imidazole rings is 1. The van der Waals surface area contributed by atoms with Crippen LogP contribution in [0, 0.1) is 0 Å². The highest BCUT2D eigenvalue weighted by molar-refractivity contribution is 5.86. The molecule has 0 unspecified atom stereocenters. The van der Waals surface area contributed by atoms with Gasteiger partial charge in [-0.2, -0.15) is 9.61 Å². The molecular formula is C18H19N7. The monoisotopic (exact) mass is 333 g/mol. The summed E-state index contributed by atoms with van der Waals surface area (Å²) < 4.78 is 3.85. The number of anilines is 1. The van der Waals surface area contributed by atoms with Gasteiger partial charge in [-0.1, -0.05) is 18.2 Å². The number of hydrogen-bond acceptors (Lipinski definition) is 5. The molecule has 0 atom stereocenters. The minimum absolute atomic E-state index is 0.515. The summed E-state index contributed by atoms with van der Waals surface area (Å²) in [5, 5.41) is 8.27. The van der Waals surface area contributed by atoms with Crippen LogP contribution in [0.15, 0.2) is 36.7 Å². The fourth-order valence-electron chi connectivity index (χ4n) is 3.14. The lowest BCUT2D eigenvalue weighted by molar-refractivity contribution is 0.876. The van der Waals surface area contributed by atoms with Gasteiger partial charge in [0.1, 0.15) is 0 Å². The van der Waals surface area contributed by atoms with E-state index in [1.807, 2.05) is 40.4 Å². The number of nitrogens with one attached hydrogen (secondary N) is 1. The van der Waals surface area contributed by atoms with Crippen LogP contribution < -0.4 is 11.1 Å². The average molecular weight is 333 g/mol. The van der Waals surface area contributed by atoms with E-state index in [0.29, 0.717) is 12.6 Å². The van der Waals surface area contributed by atoms with E-state index in [1.165, 1.54) is 12.8 Å². The molecule has 5 rings (SSSR count). The molecular weight excluding hydrogens is 314 g/mol. The zero-order valence-corrected chi connectivity index (χ0v) is 14.0. The average Bonchev–Trinajstić information content (AvgIpc) is 3.21. The van der Waals surface area contributed by atoms with Gasteiger partial charge >= 0.3 is 0 Å². The van der Waals surface area contributed by atoms with Crippen LogP contribution in [0.4, 0.5) is 5.82 Å². The van der Waals surface area contributed by atoms with Gasteiger partial charge in [0.15, 0.2) is 22.6 Å². The molecule has 1 aliphatic carbocycles. The van der Waals surface area contributed by atoms with Crippen molar-refractivity contribution in [1.29, 1.82) is 0 Å². The molecule has 1 saturated carbocycles. The van der Waals surface area contributed by atoms with Gasteiger partial charge in [-0.05, 0) is 24.5 Å². The minimum Gasteiger partial charge on any atom is -0.365 e. The summed E-state index contributed by atoms with van der Waals surface area (Å²) in [5.41, 5.74) is 11.4. The van der Waals surface area contributed by atoms with Crippen LogP contribution in [-0.4, -0.2) is 30.2 Å². The Morgan fingerprint density at radius 1 is 1.28 bits per heavy atom. The Bertz CT molecular complexity index is 1090. The minimum atomic E-state index is 0.515. The van der Waals surface area contributed by atoms with E-state index in [9.17, 15) is 0 Å². The second kappa shape index (κ2) is 5.29. The Morgan fingerprint density at radius 2 is 2.16 bits per heavy atom. The van der Waals surface area contributed by atoms with Crippen LogP contribution >= 0.6 is 0 Å². The molecule has 0 bridgehead atoms. The van der Waals surface area contributed by atoms with Gasteiger partial charge < -0.3 is 15.6 Å². The van der Waals surface area contributed by atoms with Gasteiger partial charge in [0.05, 0.1) is 12.0 Å². The molecule has 126 valence electrons. The second-order valence-electron chi connectivity index (χ2n) is 6.61. The van der Waals surface area contributed by atoms with Gasteiger partial charge in [-0.15, -0.1) is 0 Å². The van der Waals surface area contributed by atoms with Crippen molar-refractivity contribution < 1.29 is 0 Å². The van der Waals surface area contributed by atoms with Crippen molar-refractivity contribution in [2.24, 2.45) is 12.8 Å². The summed E-state index contributed by atoms with van der Waals surface area (Å²) in [7, 11) is 1.98. The molecule has 7 nitrogen and oxygen atoms in total. The molecule has 1 aromatic carbocycles. The third-order valence-electron chi connectivity index (χ3n) is 4.62. The number of aromatic nitrogens is 5. The van der Waals surface area contributed by atoms with Gasteiger partial charge in [-0.3, -0.25) is 0 Å². The third kappa shape index (κ3) is 2.35. The van der Waals surface area contributed by atoms with E-state index in [0.717, 1.165) is 39.4 Å². The molecule has 0 radical (unpaired) electrons. The number of hydrogen-bond donors (Lipinski definition) is 2. The standard InChI is InChI=1S/C18H19N7/c1-24-10-20-16-17(21-13-5-6-13)22-15-8-14(23-25(15)18(16)24)12-4-2-3-11(7-12)9-19/h2-4,7-8,10,13H,5-6,9,19H2,1H3,(H,21,22). The zero-order chi connectivity index (χ0) is 17.0. The van der Waals surface area contributed by atoms with Crippen LogP contribution in [-0.2, 0) is 13.6 Å². The highest BCUT2D eigenvalue weighted by Crippen LogP contribution is 2.29. The van der Waals surface area contributed by atoms with Gasteiger partial charge in [0.2, 0.25) is 0 Å². The lowest BCUT2D eigenvalue weighted by Crippen LogP contribution is -2.07. The lowest BCUT2D eigenvalue weighted by Gasteiger charge is -2.06. The summed E-state index contributed by atoms with van der Waals surface area (Å²) in [6, 6.07) is 10.7. The Labute approximate surface area is 144 Å². The van der Waals surface area contributed by atoms with Crippen molar-refractivity contribution in [2.75, 3.05) is 5.32 Å². The molecule has 4 aromatic rings. The second-order valence-corrected chi connectivity index (χ2v) is 6.61. The predicted octanol–water partition coefficient (Wildman–Crippen LogP) is 2.32. The quantitative estimate of drug-likeness (QED) is 0.598. The zero-order valence-electron chi connectivity index (χ0n) is 14.0. The third-order valence-corrected chi connectivity index (χ3v) is 4.62. The van der Waals surface area contributed by atoms with Crippen LogP contribution in [0.3, 0.4) is 0 Å². The van der Waals surface area contributed by atoms with Crippen molar-refractivity contribution in [2.45, 2.75) is 25.4 Å². The molecule has 25 heavy (non-hydrogen) atoms. The van der Waals surface area contributed by atoms with Gasteiger partial charge in [-0.25, -0.2) is 9.97 Å². The smallest absolute Gasteiger partial charge is 0.167 e. The Hall–Kier alpha value is -2.93. The highest BCUT2D eigenvalue weighted by atomic mass is 15.3. The summed E-state index contributed by atoms with van der Waals surface area (Å²) in [6.07, 6.45) is 4.19. The van der Waals surface area contributed by atoms with Crippen molar-refractivity contribution in [3.63, 3.8) is 0 Å². The summed E-state index contributed by atoms with van der Waals surface area (Å²) in [6.45, 7) is 0.515. The number of nitrogens with two attached hydrogens (primary N) is 1. The first kappa shape index (κ1) is 14.4. The van der Waals surface area contributed by atoms with Gasteiger partial charge in [0.25, 0.3) is 0 Å². The molecule has 3 N–H and O–H groups in total. The summed E-state index contributed by atoms with van der Waals surface area (Å²) in [5.74, 6) is 0.841. The molecule has 0 saturated heterocycles. The first-order valence-electron chi connectivity index (χ1n) is 8.49. The topological polar surface area (TPSA) is 86.1 Å². The highest BCUT2D eigenvalue weighted by Gasteiger charge is 2.24. The Balaban J connectivity index is 1.72. The first-order chi connectivity index (χ1) is 12.2. The van der Waals surface area contributed by atoms with Crippen LogP contribution in [0.5, 0.6) is 0 Å². The molecule has 3 aromatic heterocycles. The van der Waals surface area contributed by atoms with Crippen molar-refractivity contribution in [3.05, 3.63) is 42.2 Å². The first-order valence-corrected chi connectivity index (χ1v) is 8.49. The Morgan fingerprint density at radius 3 is 2.96 bits per heavy atom. The number of fused-ring (bicyclic) bond motifs is 3. The molecule has 1 aliphatic rings. The summed E-state index contributed by atoms with van der Waals surface area (Å²) in [4.78, 5) is 9.29. The fraction of sp³-hybridized carbons (Fsp3) is 0.278. The van der Waals surface area contributed by atoms with E-state index in [4.69, 9.17) is 15.8 Å². The number of benzene rings is 1. The van der Waals surface area contributed by atoms with Gasteiger partial charge in [0, 0.05) is 31.3 Å². The van der Waals surface area contributed by atoms with Crippen molar-refractivity contribution in [1.82, 2.24) is 24.1 Å². The largest absolute Gasteiger partial charge is 0.365 e. The number of nitrogens with zero attached hydrogens (tertiary/aromatic N) is 5. The van der Waals surface area contributed by atoms with Crippen molar-refractivity contribution >= 4 is 22.6 Å². The van der Waals surface area contributed by atoms with E-state index < -0.39 is 0 Å². The number of aryl methyl sites for hydroxylation is 1. The maximum atomic E-state index is 5.77. The van der Waals surface area contributed by atoms with Crippen LogP contribution in [0.1, 0.15) is 18.4 Å². The maximum absolute atomic E-state index is 5.77. The lowest BCUT2D eigenvalue weighted by atomic mass is 10.1. The fourth-order valence-corrected chi connectivity index (χ4v) is 3.14.